The number of nitrogens with zero attached hydrogens (tertiary/aromatic N) is 3. The highest BCUT2D eigenvalue weighted by Gasteiger charge is 2.25. The number of benzene rings is 2. The quantitative estimate of drug-likeness (QED) is 0.770. The zero-order valence-electron chi connectivity index (χ0n) is 17.0. The standard InChI is InChI=1S/C23H27ClN4O2/c24-19-6-3-5-18(15-19)16-26-11-13-27(14-12-26)17-22(29)25-20-7-1-2-8-21(20)28-10-4-9-23(28)30/h1-3,5-8,15H,4,9-14,16-17H2,(H,25,29). The summed E-state index contributed by atoms with van der Waals surface area (Å²) in [5.41, 5.74) is 2.71. The van der Waals surface area contributed by atoms with Gasteiger partial charge in [-0.2, -0.15) is 0 Å². The number of piperazine rings is 1. The molecule has 1 N–H and O–H groups in total. The number of halogens is 1. The predicted octanol–water partition coefficient (Wildman–Crippen LogP) is 3.22. The first kappa shape index (κ1) is 20.8. The van der Waals surface area contributed by atoms with Gasteiger partial charge in [0.15, 0.2) is 0 Å². The van der Waals surface area contributed by atoms with Gasteiger partial charge in [0.05, 0.1) is 17.9 Å². The van der Waals surface area contributed by atoms with E-state index in [9.17, 15) is 9.59 Å². The van der Waals surface area contributed by atoms with E-state index in [0.29, 0.717) is 25.2 Å². The molecule has 2 heterocycles. The van der Waals surface area contributed by atoms with Crippen LogP contribution in [-0.2, 0) is 16.1 Å². The monoisotopic (exact) mass is 426 g/mol. The van der Waals surface area contributed by atoms with Gasteiger partial charge in [-0.05, 0) is 36.2 Å². The molecule has 6 nitrogen and oxygen atoms in total. The Morgan fingerprint density at radius 1 is 0.967 bits per heavy atom. The van der Waals surface area contributed by atoms with Crippen LogP contribution in [0.4, 0.5) is 11.4 Å². The van der Waals surface area contributed by atoms with Crippen LogP contribution in [0.2, 0.25) is 5.02 Å². The first-order valence-electron chi connectivity index (χ1n) is 10.5. The molecule has 2 aromatic rings. The molecule has 158 valence electrons. The van der Waals surface area contributed by atoms with Gasteiger partial charge in [-0.25, -0.2) is 0 Å². The molecule has 0 aromatic heterocycles. The second kappa shape index (κ2) is 9.60. The Labute approximate surface area is 182 Å². The van der Waals surface area contributed by atoms with Crippen molar-refractivity contribution in [2.75, 3.05) is 49.5 Å². The van der Waals surface area contributed by atoms with Crippen LogP contribution in [0, 0.1) is 0 Å². The average molecular weight is 427 g/mol. The lowest BCUT2D eigenvalue weighted by molar-refractivity contribution is -0.118. The van der Waals surface area contributed by atoms with Gasteiger partial charge in [0.2, 0.25) is 11.8 Å². The van der Waals surface area contributed by atoms with Gasteiger partial charge in [0.1, 0.15) is 0 Å². The Morgan fingerprint density at radius 3 is 2.47 bits per heavy atom. The van der Waals surface area contributed by atoms with Gasteiger partial charge in [-0.3, -0.25) is 19.4 Å². The summed E-state index contributed by atoms with van der Waals surface area (Å²) in [6.45, 7) is 5.46. The Kier molecular flexibility index (Phi) is 6.67. The molecule has 30 heavy (non-hydrogen) atoms. The van der Waals surface area contributed by atoms with E-state index in [1.165, 1.54) is 5.56 Å². The van der Waals surface area contributed by atoms with E-state index in [1.54, 1.807) is 4.90 Å². The third-order valence-electron chi connectivity index (χ3n) is 5.67. The van der Waals surface area contributed by atoms with Gasteiger partial charge in [-0.1, -0.05) is 35.9 Å². The number of amides is 2. The molecule has 2 aromatic carbocycles. The fourth-order valence-corrected chi connectivity index (χ4v) is 4.32. The Bertz CT molecular complexity index is 912. The molecule has 2 aliphatic heterocycles. The highest BCUT2D eigenvalue weighted by Crippen LogP contribution is 2.29. The second-order valence-corrected chi connectivity index (χ2v) is 8.33. The molecule has 0 atom stereocenters. The largest absolute Gasteiger partial charge is 0.323 e. The molecule has 0 aliphatic carbocycles. The third kappa shape index (κ3) is 5.19. The predicted molar refractivity (Wildman–Crippen MR) is 120 cm³/mol. The molecule has 0 saturated carbocycles. The Balaban J connectivity index is 1.28. The van der Waals surface area contributed by atoms with Crippen molar-refractivity contribution in [3.05, 3.63) is 59.1 Å². The van der Waals surface area contributed by atoms with Crippen LogP contribution in [0.25, 0.3) is 0 Å². The number of hydrogen-bond donors (Lipinski definition) is 1. The summed E-state index contributed by atoms with van der Waals surface area (Å²) in [6, 6.07) is 15.5. The smallest absolute Gasteiger partial charge is 0.238 e. The summed E-state index contributed by atoms with van der Waals surface area (Å²) in [6.07, 6.45) is 1.43. The highest BCUT2D eigenvalue weighted by molar-refractivity contribution is 6.30. The van der Waals surface area contributed by atoms with E-state index in [0.717, 1.165) is 49.9 Å². The number of hydrogen-bond acceptors (Lipinski definition) is 4. The molecular formula is C23H27ClN4O2. The normalized spacial score (nSPS) is 18.0. The minimum Gasteiger partial charge on any atom is -0.323 e. The van der Waals surface area contributed by atoms with Crippen LogP contribution in [0.15, 0.2) is 48.5 Å². The number of rotatable bonds is 6. The van der Waals surface area contributed by atoms with Gasteiger partial charge < -0.3 is 10.2 Å². The molecule has 7 heteroatoms. The molecule has 2 saturated heterocycles. The molecule has 0 bridgehead atoms. The summed E-state index contributed by atoms with van der Waals surface area (Å²) >= 11 is 6.08. The summed E-state index contributed by atoms with van der Waals surface area (Å²) in [5, 5.41) is 3.77. The number of nitrogens with one attached hydrogen (secondary N) is 1. The maximum Gasteiger partial charge on any atom is 0.238 e. The molecule has 2 aliphatic rings. The third-order valence-corrected chi connectivity index (χ3v) is 5.90. The van der Waals surface area contributed by atoms with E-state index in [1.807, 2.05) is 42.5 Å². The van der Waals surface area contributed by atoms with E-state index < -0.39 is 0 Å². The molecule has 0 unspecified atom stereocenters. The van der Waals surface area contributed by atoms with Crippen molar-refractivity contribution in [3.8, 4) is 0 Å². The molecular weight excluding hydrogens is 400 g/mol. The van der Waals surface area contributed by atoms with Crippen LogP contribution in [-0.4, -0.2) is 60.9 Å². The van der Waals surface area contributed by atoms with E-state index in [4.69, 9.17) is 11.6 Å². The van der Waals surface area contributed by atoms with E-state index in [-0.39, 0.29) is 11.8 Å². The summed E-state index contributed by atoms with van der Waals surface area (Å²) in [5.74, 6) is 0.0740. The maximum absolute atomic E-state index is 12.7. The SMILES string of the molecule is O=C(CN1CCN(Cc2cccc(Cl)c2)CC1)Nc1ccccc1N1CCCC1=O. The molecule has 2 amide bonds. The van der Waals surface area contributed by atoms with Gasteiger partial charge in [-0.15, -0.1) is 0 Å². The lowest BCUT2D eigenvalue weighted by Gasteiger charge is -2.34. The number of para-hydroxylation sites is 2. The number of carbonyl (C=O) groups excluding carboxylic acids is 2. The van der Waals surface area contributed by atoms with E-state index >= 15 is 0 Å². The summed E-state index contributed by atoms with van der Waals surface area (Å²) in [7, 11) is 0. The Hall–Kier alpha value is -2.41. The highest BCUT2D eigenvalue weighted by atomic mass is 35.5. The molecule has 4 rings (SSSR count). The van der Waals surface area contributed by atoms with Crippen molar-refractivity contribution < 1.29 is 9.59 Å². The van der Waals surface area contributed by atoms with Crippen molar-refractivity contribution in [2.24, 2.45) is 0 Å². The zero-order valence-corrected chi connectivity index (χ0v) is 17.8. The van der Waals surface area contributed by atoms with Crippen molar-refractivity contribution in [2.45, 2.75) is 19.4 Å². The minimum absolute atomic E-state index is 0.0441. The van der Waals surface area contributed by atoms with Crippen molar-refractivity contribution in [1.82, 2.24) is 9.80 Å². The van der Waals surface area contributed by atoms with Crippen LogP contribution in [0.3, 0.4) is 0 Å². The van der Waals surface area contributed by atoms with Crippen molar-refractivity contribution >= 4 is 34.8 Å². The van der Waals surface area contributed by atoms with Crippen molar-refractivity contribution in [1.29, 1.82) is 0 Å². The number of anilines is 2. The van der Waals surface area contributed by atoms with Crippen LogP contribution in [0.1, 0.15) is 18.4 Å². The average Bonchev–Trinajstić information content (AvgIpc) is 3.16. The summed E-state index contributed by atoms with van der Waals surface area (Å²) in [4.78, 5) is 31.1. The molecule has 2 fully saturated rings. The van der Waals surface area contributed by atoms with Gasteiger partial charge >= 0.3 is 0 Å². The van der Waals surface area contributed by atoms with Gasteiger partial charge in [0, 0.05) is 50.7 Å². The molecule has 0 spiro atoms. The lowest BCUT2D eigenvalue weighted by atomic mass is 10.2. The first-order chi connectivity index (χ1) is 14.6. The van der Waals surface area contributed by atoms with Crippen LogP contribution in [0.5, 0.6) is 0 Å². The first-order valence-corrected chi connectivity index (χ1v) is 10.8. The topological polar surface area (TPSA) is 55.9 Å². The fourth-order valence-electron chi connectivity index (χ4n) is 4.11. The maximum atomic E-state index is 12.7. The molecule has 0 radical (unpaired) electrons. The second-order valence-electron chi connectivity index (χ2n) is 7.90. The van der Waals surface area contributed by atoms with E-state index in [2.05, 4.69) is 21.2 Å². The zero-order chi connectivity index (χ0) is 20.9. The van der Waals surface area contributed by atoms with Gasteiger partial charge in [0.25, 0.3) is 0 Å². The minimum atomic E-state index is -0.0441. The summed E-state index contributed by atoms with van der Waals surface area (Å²) < 4.78 is 0. The van der Waals surface area contributed by atoms with Crippen LogP contribution >= 0.6 is 11.6 Å². The Morgan fingerprint density at radius 2 is 1.73 bits per heavy atom. The number of carbonyl (C=O) groups is 2. The lowest BCUT2D eigenvalue weighted by Crippen LogP contribution is -2.48. The van der Waals surface area contributed by atoms with Crippen LogP contribution < -0.4 is 10.2 Å². The van der Waals surface area contributed by atoms with Crippen molar-refractivity contribution in [3.63, 3.8) is 0 Å². The fraction of sp³-hybridized carbons (Fsp3) is 0.391.